The van der Waals surface area contributed by atoms with Crippen molar-refractivity contribution in [3.8, 4) is 5.75 Å². The van der Waals surface area contributed by atoms with E-state index in [2.05, 4.69) is 5.32 Å². The first-order chi connectivity index (χ1) is 20.3. The number of carbonyl (C=O) groups excluding carboxylic acids is 2. The third-order valence-electron chi connectivity index (χ3n) is 7.84. The number of sulfonamides is 1. The van der Waals surface area contributed by atoms with Gasteiger partial charge >= 0.3 is 0 Å². The largest absolute Gasteiger partial charge is 0.497 e. The van der Waals surface area contributed by atoms with Gasteiger partial charge in [0, 0.05) is 12.6 Å². The number of nitrogens with one attached hydrogen (secondary N) is 1. The fourth-order valence-corrected chi connectivity index (χ4v) is 6.80. The predicted molar refractivity (Wildman–Crippen MR) is 165 cm³/mol. The van der Waals surface area contributed by atoms with Gasteiger partial charge in [0.15, 0.2) is 0 Å². The first kappa shape index (κ1) is 31.1. The van der Waals surface area contributed by atoms with Crippen LogP contribution in [0.5, 0.6) is 5.75 Å². The summed E-state index contributed by atoms with van der Waals surface area (Å²) in [5.74, 6) is 0.00708. The van der Waals surface area contributed by atoms with Gasteiger partial charge in [0.05, 0.1) is 17.7 Å². The number of anilines is 1. The topological polar surface area (TPSA) is 96.0 Å². The lowest BCUT2D eigenvalue weighted by Gasteiger charge is -2.33. The third kappa shape index (κ3) is 7.50. The Balaban J connectivity index is 1.70. The van der Waals surface area contributed by atoms with Gasteiger partial charge in [-0.05, 0) is 73.2 Å². The molecule has 1 aliphatic carbocycles. The van der Waals surface area contributed by atoms with Crippen LogP contribution in [0, 0.1) is 0 Å². The number of aryl methyl sites for hydroxylation is 1. The molecule has 0 unspecified atom stereocenters. The average Bonchev–Trinajstić information content (AvgIpc) is 3.53. The zero-order valence-corrected chi connectivity index (χ0v) is 25.5. The van der Waals surface area contributed by atoms with Gasteiger partial charge in [0.2, 0.25) is 11.8 Å². The summed E-state index contributed by atoms with van der Waals surface area (Å²) < 4.78 is 34.3. The number of carbonyl (C=O) groups is 2. The minimum absolute atomic E-state index is 0.0880. The van der Waals surface area contributed by atoms with Crippen LogP contribution in [0.25, 0.3) is 0 Å². The summed E-state index contributed by atoms with van der Waals surface area (Å²) in [5, 5.41) is 3.14. The van der Waals surface area contributed by atoms with Crippen LogP contribution in [0.4, 0.5) is 5.69 Å². The average molecular weight is 592 g/mol. The number of nitrogens with zero attached hydrogens (tertiary/aromatic N) is 2. The van der Waals surface area contributed by atoms with Gasteiger partial charge < -0.3 is 15.0 Å². The van der Waals surface area contributed by atoms with E-state index in [-0.39, 0.29) is 23.4 Å². The van der Waals surface area contributed by atoms with Crippen LogP contribution >= 0.6 is 0 Å². The second-order valence-electron chi connectivity index (χ2n) is 10.6. The number of rotatable bonds is 13. The normalized spacial score (nSPS) is 14.3. The number of ether oxygens (including phenoxy) is 1. The lowest BCUT2D eigenvalue weighted by molar-refractivity contribution is -0.140. The van der Waals surface area contributed by atoms with Crippen LogP contribution < -0.4 is 14.4 Å². The molecule has 1 aliphatic rings. The minimum atomic E-state index is -4.09. The highest BCUT2D eigenvalue weighted by molar-refractivity contribution is 7.92. The smallest absolute Gasteiger partial charge is 0.264 e. The molecule has 0 radical (unpaired) electrons. The van der Waals surface area contributed by atoms with E-state index < -0.39 is 28.5 Å². The highest BCUT2D eigenvalue weighted by atomic mass is 32.2. The molecule has 8 nitrogen and oxygen atoms in total. The fourth-order valence-electron chi connectivity index (χ4n) is 5.36. The molecule has 42 heavy (non-hydrogen) atoms. The zero-order chi connectivity index (χ0) is 30.1. The van der Waals surface area contributed by atoms with Gasteiger partial charge in [-0.2, -0.15) is 0 Å². The molecule has 2 amide bonds. The molecule has 0 spiro atoms. The summed E-state index contributed by atoms with van der Waals surface area (Å²) in [6.07, 6.45) is 5.17. The molecule has 224 valence electrons. The highest BCUT2D eigenvalue weighted by Crippen LogP contribution is 2.26. The van der Waals surface area contributed by atoms with Gasteiger partial charge in [-0.15, -0.1) is 0 Å². The summed E-state index contributed by atoms with van der Waals surface area (Å²) >= 11 is 0. The quantitative estimate of drug-likeness (QED) is 0.290. The minimum Gasteiger partial charge on any atom is -0.497 e. The second kappa shape index (κ2) is 14.4. The van der Waals surface area contributed by atoms with Crippen molar-refractivity contribution in [3.05, 3.63) is 90.0 Å². The van der Waals surface area contributed by atoms with Crippen LogP contribution in [0.1, 0.15) is 57.1 Å². The Morgan fingerprint density at radius 1 is 0.905 bits per heavy atom. The maximum absolute atomic E-state index is 14.2. The Morgan fingerprint density at radius 2 is 1.52 bits per heavy atom. The van der Waals surface area contributed by atoms with Crippen molar-refractivity contribution in [3.63, 3.8) is 0 Å². The molecular formula is C33H41N3O5S. The molecule has 3 aromatic rings. The molecule has 0 bridgehead atoms. The molecule has 0 aromatic heterocycles. The molecule has 3 aromatic carbocycles. The molecule has 9 heteroatoms. The Hall–Kier alpha value is -3.85. The van der Waals surface area contributed by atoms with Gasteiger partial charge in [-0.25, -0.2) is 8.42 Å². The van der Waals surface area contributed by atoms with Gasteiger partial charge in [-0.1, -0.05) is 69.2 Å². The molecule has 1 N–H and O–H groups in total. The van der Waals surface area contributed by atoms with E-state index in [1.165, 1.54) is 17.0 Å². The van der Waals surface area contributed by atoms with Crippen LogP contribution in [-0.2, 0) is 32.6 Å². The van der Waals surface area contributed by atoms with E-state index in [9.17, 15) is 18.0 Å². The van der Waals surface area contributed by atoms with E-state index in [0.29, 0.717) is 17.9 Å². The Bertz CT molecular complexity index is 1420. The Kier molecular flexibility index (Phi) is 10.6. The molecule has 0 saturated heterocycles. The van der Waals surface area contributed by atoms with Gasteiger partial charge in [-0.3, -0.25) is 13.9 Å². The lowest BCUT2D eigenvalue weighted by Crippen LogP contribution is -2.53. The maximum atomic E-state index is 14.2. The highest BCUT2D eigenvalue weighted by Gasteiger charge is 2.34. The van der Waals surface area contributed by atoms with Crippen molar-refractivity contribution in [1.82, 2.24) is 10.2 Å². The zero-order valence-electron chi connectivity index (χ0n) is 24.7. The molecule has 1 atom stereocenters. The molecule has 1 fully saturated rings. The number of hydrogen-bond donors (Lipinski definition) is 1. The van der Waals surface area contributed by atoms with Crippen LogP contribution in [0.15, 0.2) is 83.8 Å². The van der Waals surface area contributed by atoms with Crippen molar-refractivity contribution in [2.45, 2.75) is 75.9 Å². The molecule has 0 heterocycles. The van der Waals surface area contributed by atoms with Crippen molar-refractivity contribution >= 4 is 27.5 Å². The van der Waals surface area contributed by atoms with E-state index in [4.69, 9.17) is 4.74 Å². The molecule has 1 saturated carbocycles. The van der Waals surface area contributed by atoms with Gasteiger partial charge in [0.1, 0.15) is 18.3 Å². The number of benzene rings is 3. The molecular weight excluding hydrogens is 550 g/mol. The van der Waals surface area contributed by atoms with Crippen molar-refractivity contribution in [2.75, 3.05) is 18.0 Å². The summed E-state index contributed by atoms with van der Waals surface area (Å²) in [4.78, 5) is 29.4. The van der Waals surface area contributed by atoms with Crippen molar-refractivity contribution in [2.24, 2.45) is 0 Å². The first-order valence-electron chi connectivity index (χ1n) is 14.7. The van der Waals surface area contributed by atoms with E-state index in [1.807, 2.05) is 38.1 Å². The molecule has 4 rings (SSSR count). The van der Waals surface area contributed by atoms with Gasteiger partial charge in [0.25, 0.3) is 10.0 Å². The van der Waals surface area contributed by atoms with Crippen LogP contribution in [0.3, 0.4) is 0 Å². The first-order valence-corrected chi connectivity index (χ1v) is 16.1. The van der Waals surface area contributed by atoms with Crippen LogP contribution in [-0.4, -0.2) is 50.9 Å². The SMILES string of the molecule is CCc1ccc(N(CC(=O)N(Cc2ccc(OC)cc2)[C@H](CC)C(=O)NC2CCCC2)S(=O)(=O)c2ccccc2)cc1. The second-order valence-corrected chi connectivity index (χ2v) is 12.5. The fraction of sp³-hybridized carbons (Fsp3) is 0.394. The summed E-state index contributed by atoms with van der Waals surface area (Å²) in [6, 6.07) is 21.9. The number of amides is 2. The Labute approximate surface area is 249 Å². The summed E-state index contributed by atoms with van der Waals surface area (Å²) in [6.45, 7) is 3.59. The standard InChI is InChI=1S/C33H41N3O5S/c1-4-25-15-19-28(20-16-25)36(42(39,40)30-13-7-6-8-14-30)24-32(37)35(23-26-17-21-29(41-3)22-18-26)31(5-2)33(38)34-27-11-9-10-12-27/h6-8,13-22,27,31H,4-5,9-12,23-24H2,1-3H3,(H,34,38)/t31-/m1/s1. The monoisotopic (exact) mass is 591 g/mol. The van der Waals surface area contributed by atoms with E-state index >= 15 is 0 Å². The number of methoxy groups -OCH3 is 1. The Morgan fingerprint density at radius 3 is 2.10 bits per heavy atom. The van der Waals surface area contributed by atoms with Crippen LogP contribution in [0.2, 0.25) is 0 Å². The van der Waals surface area contributed by atoms with Crippen molar-refractivity contribution < 1.29 is 22.7 Å². The predicted octanol–water partition coefficient (Wildman–Crippen LogP) is 5.32. The lowest BCUT2D eigenvalue weighted by atomic mass is 10.1. The van der Waals surface area contributed by atoms with E-state index in [0.717, 1.165) is 47.5 Å². The molecule has 0 aliphatic heterocycles. The van der Waals surface area contributed by atoms with Crippen molar-refractivity contribution in [1.29, 1.82) is 0 Å². The third-order valence-corrected chi connectivity index (χ3v) is 9.63. The maximum Gasteiger partial charge on any atom is 0.264 e. The summed E-state index contributed by atoms with van der Waals surface area (Å²) in [5.41, 5.74) is 2.25. The van der Waals surface area contributed by atoms with E-state index in [1.54, 1.807) is 49.6 Å². The summed E-state index contributed by atoms with van der Waals surface area (Å²) in [7, 11) is -2.50. The number of hydrogen-bond acceptors (Lipinski definition) is 5.